The normalized spacial score (nSPS) is 15.2. The van der Waals surface area contributed by atoms with Crippen molar-refractivity contribution in [2.45, 2.75) is 31.8 Å². The minimum atomic E-state index is -0.498. The van der Waals surface area contributed by atoms with Crippen LogP contribution in [-0.2, 0) is 12.8 Å². The van der Waals surface area contributed by atoms with Gasteiger partial charge in [-0.2, -0.15) is 0 Å². The molecule has 0 bridgehead atoms. The van der Waals surface area contributed by atoms with E-state index in [9.17, 15) is 5.11 Å². The molecule has 126 valence electrons. The molecule has 0 radical (unpaired) electrons. The second kappa shape index (κ2) is 7.78. The van der Waals surface area contributed by atoms with Crippen molar-refractivity contribution in [1.29, 1.82) is 0 Å². The highest BCUT2D eigenvalue weighted by Crippen LogP contribution is 2.34. The molecular formula is C22H27NO. The van der Waals surface area contributed by atoms with Crippen molar-refractivity contribution in [2.75, 3.05) is 19.6 Å². The Morgan fingerprint density at radius 3 is 2.42 bits per heavy atom. The largest absolute Gasteiger partial charge is 0.387 e. The van der Waals surface area contributed by atoms with Gasteiger partial charge in [0.25, 0.3) is 0 Å². The maximum absolute atomic E-state index is 10.9. The number of hydrogen-bond acceptors (Lipinski definition) is 2. The number of rotatable bonds is 7. The molecule has 0 aliphatic heterocycles. The van der Waals surface area contributed by atoms with Gasteiger partial charge in [-0.3, -0.25) is 4.90 Å². The molecule has 1 unspecified atom stereocenters. The number of fused-ring (bicyclic) bond motifs is 3. The van der Waals surface area contributed by atoms with Crippen LogP contribution in [0.15, 0.2) is 55.6 Å². The second-order valence-electron chi connectivity index (χ2n) is 6.67. The predicted molar refractivity (Wildman–Crippen MR) is 102 cm³/mol. The molecule has 0 spiro atoms. The highest BCUT2D eigenvalue weighted by atomic mass is 16.3. The Bertz CT molecular complexity index is 724. The number of nitrogens with zero attached hydrogens (tertiary/aromatic N) is 1. The van der Waals surface area contributed by atoms with Crippen molar-refractivity contribution in [1.82, 2.24) is 4.90 Å². The van der Waals surface area contributed by atoms with Gasteiger partial charge >= 0.3 is 0 Å². The average molecular weight is 321 g/mol. The molecule has 1 atom stereocenters. The van der Waals surface area contributed by atoms with E-state index in [1.807, 2.05) is 12.2 Å². The van der Waals surface area contributed by atoms with Crippen molar-refractivity contribution in [3.63, 3.8) is 0 Å². The van der Waals surface area contributed by atoms with Crippen molar-refractivity contribution in [3.8, 4) is 0 Å². The molecular weight excluding hydrogens is 294 g/mol. The highest BCUT2D eigenvalue weighted by molar-refractivity contribution is 5.90. The Morgan fingerprint density at radius 2 is 1.71 bits per heavy atom. The molecule has 2 aromatic rings. The van der Waals surface area contributed by atoms with Gasteiger partial charge in [0, 0.05) is 19.6 Å². The second-order valence-corrected chi connectivity index (χ2v) is 6.67. The molecule has 0 amide bonds. The molecule has 3 rings (SSSR count). The van der Waals surface area contributed by atoms with E-state index in [4.69, 9.17) is 0 Å². The Morgan fingerprint density at radius 1 is 1.04 bits per heavy atom. The summed E-state index contributed by atoms with van der Waals surface area (Å²) in [5.41, 5.74) is 3.97. The van der Waals surface area contributed by atoms with E-state index in [0.717, 1.165) is 31.5 Å². The molecule has 2 aromatic carbocycles. The summed E-state index contributed by atoms with van der Waals surface area (Å²) in [7, 11) is 0. The number of hydrogen-bond donors (Lipinski definition) is 1. The maximum Gasteiger partial charge on any atom is 0.0923 e. The summed E-state index contributed by atoms with van der Waals surface area (Å²) < 4.78 is 0. The quantitative estimate of drug-likeness (QED) is 0.763. The molecule has 1 aliphatic rings. The van der Waals surface area contributed by atoms with E-state index in [2.05, 4.69) is 48.4 Å². The van der Waals surface area contributed by atoms with Crippen LogP contribution in [0.25, 0.3) is 10.8 Å². The summed E-state index contributed by atoms with van der Waals surface area (Å²) in [5, 5.41) is 13.5. The first-order valence-corrected chi connectivity index (χ1v) is 8.90. The number of aliphatic hydroxyl groups excluding tert-OH is 1. The molecule has 1 N–H and O–H groups in total. The Labute approximate surface area is 145 Å². The van der Waals surface area contributed by atoms with Crippen LogP contribution in [0, 0.1) is 0 Å². The van der Waals surface area contributed by atoms with E-state index >= 15 is 0 Å². The number of aliphatic hydroxyl groups is 1. The van der Waals surface area contributed by atoms with Crippen molar-refractivity contribution < 1.29 is 5.11 Å². The van der Waals surface area contributed by atoms with Gasteiger partial charge in [0.2, 0.25) is 0 Å². The third kappa shape index (κ3) is 3.45. The molecule has 0 saturated carbocycles. The fraction of sp³-hybridized carbons (Fsp3) is 0.364. The van der Waals surface area contributed by atoms with E-state index in [1.165, 1.54) is 34.7 Å². The predicted octanol–water partition coefficient (Wildman–Crippen LogP) is 4.43. The lowest BCUT2D eigenvalue weighted by atomic mass is 9.84. The van der Waals surface area contributed by atoms with E-state index < -0.39 is 6.10 Å². The highest BCUT2D eigenvalue weighted by Gasteiger charge is 2.20. The van der Waals surface area contributed by atoms with Gasteiger partial charge < -0.3 is 5.11 Å². The summed E-state index contributed by atoms with van der Waals surface area (Å²) in [6.07, 6.45) is 8.06. The molecule has 1 aliphatic carbocycles. The fourth-order valence-corrected chi connectivity index (χ4v) is 3.87. The lowest BCUT2D eigenvalue weighted by Gasteiger charge is -2.26. The van der Waals surface area contributed by atoms with Gasteiger partial charge in [0.15, 0.2) is 0 Å². The molecule has 0 fully saturated rings. The Hall–Kier alpha value is -1.90. The monoisotopic (exact) mass is 321 g/mol. The third-order valence-electron chi connectivity index (χ3n) is 4.97. The summed E-state index contributed by atoms with van der Waals surface area (Å²) in [6, 6.07) is 10.8. The van der Waals surface area contributed by atoms with Crippen molar-refractivity contribution in [3.05, 3.63) is 72.3 Å². The van der Waals surface area contributed by atoms with Crippen LogP contribution < -0.4 is 0 Å². The number of benzene rings is 2. The van der Waals surface area contributed by atoms with Gasteiger partial charge in [-0.25, -0.2) is 0 Å². The SMILES string of the molecule is C=CCN(CC=C)CC(O)c1cc2c(c3ccccc13)CCCC2. The van der Waals surface area contributed by atoms with Crippen LogP contribution in [0.5, 0.6) is 0 Å². The zero-order valence-corrected chi connectivity index (χ0v) is 14.4. The van der Waals surface area contributed by atoms with Gasteiger partial charge in [-0.05, 0) is 53.1 Å². The first-order valence-electron chi connectivity index (χ1n) is 8.90. The summed E-state index contributed by atoms with van der Waals surface area (Å²) in [5.74, 6) is 0. The molecule has 0 saturated heterocycles. The van der Waals surface area contributed by atoms with Crippen LogP contribution in [0.1, 0.15) is 35.6 Å². The Kier molecular flexibility index (Phi) is 5.49. The smallest absolute Gasteiger partial charge is 0.0923 e. The van der Waals surface area contributed by atoms with Crippen LogP contribution in [0.3, 0.4) is 0 Å². The first-order chi connectivity index (χ1) is 11.7. The topological polar surface area (TPSA) is 23.5 Å². The minimum Gasteiger partial charge on any atom is -0.387 e. The molecule has 2 heteroatoms. The zero-order chi connectivity index (χ0) is 16.9. The van der Waals surface area contributed by atoms with Crippen LogP contribution in [0.2, 0.25) is 0 Å². The fourth-order valence-electron chi connectivity index (χ4n) is 3.87. The maximum atomic E-state index is 10.9. The lowest BCUT2D eigenvalue weighted by molar-refractivity contribution is 0.126. The van der Waals surface area contributed by atoms with E-state index in [0.29, 0.717) is 6.54 Å². The van der Waals surface area contributed by atoms with Crippen LogP contribution >= 0.6 is 0 Å². The van der Waals surface area contributed by atoms with Gasteiger partial charge in [0.05, 0.1) is 6.10 Å². The number of aryl methyl sites for hydroxylation is 2. The first kappa shape index (κ1) is 16.9. The van der Waals surface area contributed by atoms with Crippen molar-refractivity contribution >= 4 is 10.8 Å². The zero-order valence-electron chi connectivity index (χ0n) is 14.4. The van der Waals surface area contributed by atoms with Gasteiger partial charge in [0.1, 0.15) is 0 Å². The average Bonchev–Trinajstić information content (AvgIpc) is 2.61. The van der Waals surface area contributed by atoms with Gasteiger partial charge in [-0.1, -0.05) is 42.5 Å². The van der Waals surface area contributed by atoms with E-state index in [-0.39, 0.29) is 0 Å². The summed E-state index contributed by atoms with van der Waals surface area (Å²) in [4.78, 5) is 2.17. The molecule has 2 nitrogen and oxygen atoms in total. The molecule has 0 aromatic heterocycles. The minimum absolute atomic E-state index is 0.498. The van der Waals surface area contributed by atoms with Crippen LogP contribution in [-0.4, -0.2) is 29.6 Å². The van der Waals surface area contributed by atoms with Crippen molar-refractivity contribution in [2.24, 2.45) is 0 Å². The Balaban J connectivity index is 1.99. The molecule has 24 heavy (non-hydrogen) atoms. The van der Waals surface area contributed by atoms with Gasteiger partial charge in [-0.15, -0.1) is 13.2 Å². The van der Waals surface area contributed by atoms with E-state index in [1.54, 1.807) is 0 Å². The van der Waals surface area contributed by atoms with Crippen LogP contribution in [0.4, 0.5) is 0 Å². The summed E-state index contributed by atoms with van der Waals surface area (Å²) in [6.45, 7) is 9.74. The lowest BCUT2D eigenvalue weighted by Crippen LogP contribution is -2.29. The third-order valence-corrected chi connectivity index (χ3v) is 4.97. The molecule has 0 heterocycles. The standard InChI is InChI=1S/C22H27NO/c1-3-13-23(14-4-2)16-22(24)21-15-17-9-5-6-10-18(17)19-11-7-8-12-20(19)21/h3-4,7-8,11-12,15,22,24H,1-2,5-6,9-10,13-14,16H2. The summed E-state index contributed by atoms with van der Waals surface area (Å²) >= 11 is 0.